The van der Waals surface area contributed by atoms with Gasteiger partial charge < -0.3 is 5.32 Å². The van der Waals surface area contributed by atoms with Crippen molar-refractivity contribution in [3.05, 3.63) is 57.5 Å². The van der Waals surface area contributed by atoms with Gasteiger partial charge in [-0.2, -0.15) is 5.10 Å². The Balaban J connectivity index is 1.77. The zero-order valence-electron chi connectivity index (χ0n) is 12.6. The van der Waals surface area contributed by atoms with Crippen molar-refractivity contribution < 1.29 is 0 Å². The van der Waals surface area contributed by atoms with Crippen LogP contribution in [-0.4, -0.2) is 15.8 Å². The molecule has 1 unspecified atom stereocenters. The molecule has 1 saturated carbocycles. The number of hydrogen-bond donors (Lipinski definition) is 1. The number of aromatic nitrogens is 2. The van der Waals surface area contributed by atoms with Crippen LogP contribution in [0.3, 0.4) is 0 Å². The number of halogens is 1. The molecule has 1 aromatic carbocycles. The second kappa shape index (κ2) is 6.53. The fraction of sp³-hybridized carbons (Fsp3) is 0.412. The van der Waals surface area contributed by atoms with E-state index in [2.05, 4.69) is 17.3 Å². The summed E-state index contributed by atoms with van der Waals surface area (Å²) in [7, 11) is 0. The first-order chi connectivity index (χ1) is 10.6. The molecule has 0 spiro atoms. The van der Waals surface area contributed by atoms with Crippen LogP contribution >= 0.6 is 11.6 Å². The van der Waals surface area contributed by atoms with Gasteiger partial charge in [0.25, 0.3) is 5.56 Å². The first-order valence-corrected chi connectivity index (χ1v) is 8.09. The summed E-state index contributed by atoms with van der Waals surface area (Å²) in [6.07, 6.45) is 5.43. The molecule has 0 amide bonds. The normalized spacial score (nSPS) is 16.1. The van der Waals surface area contributed by atoms with E-state index in [1.807, 2.05) is 30.3 Å². The third-order valence-electron chi connectivity index (χ3n) is 4.40. The fourth-order valence-corrected chi connectivity index (χ4v) is 2.94. The van der Waals surface area contributed by atoms with Crippen molar-refractivity contribution in [3.8, 4) is 0 Å². The Labute approximate surface area is 135 Å². The van der Waals surface area contributed by atoms with Gasteiger partial charge in [-0.05, 0) is 31.2 Å². The Bertz CT molecular complexity index is 695. The summed E-state index contributed by atoms with van der Waals surface area (Å²) in [6.45, 7) is 2.56. The molecule has 116 valence electrons. The predicted octanol–water partition coefficient (Wildman–Crippen LogP) is 3.55. The Kier molecular flexibility index (Phi) is 4.48. The molecule has 1 N–H and O–H groups in total. The Morgan fingerprint density at radius 1 is 1.36 bits per heavy atom. The van der Waals surface area contributed by atoms with Crippen LogP contribution in [0, 0.1) is 5.92 Å². The van der Waals surface area contributed by atoms with Crippen LogP contribution in [0.4, 0.5) is 5.69 Å². The average molecular weight is 318 g/mol. The van der Waals surface area contributed by atoms with Gasteiger partial charge in [-0.1, -0.05) is 48.4 Å². The van der Waals surface area contributed by atoms with Gasteiger partial charge in [-0.3, -0.25) is 4.79 Å². The second-order valence-corrected chi connectivity index (χ2v) is 6.32. The van der Waals surface area contributed by atoms with E-state index in [0.717, 1.165) is 5.56 Å². The van der Waals surface area contributed by atoms with Crippen molar-refractivity contribution in [2.24, 2.45) is 5.92 Å². The molecule has 1 aliphatic rings. The number of benzene rings is 1. The highest BCUT2D eigenvalue weighted by Crippen LogP contribution is 2.31. The van der Waals surface area contributed by atoms with Gasteiger partial charge in [0.15, 0.2) is 0 Å². The van der Waals surface area contributed by atoms with Gasteiger partial charge in [0.1, 0.15) is 5.02 Å². The zero-order chi connectivity index (χ0) is 15.5. The van der Waals surface area contributed by atoms with E-state index in [4.69, 9.17) is 11.6 Å². The van der Waals surface area contributed by atoms with Crippen molar-refractivity contribution in [3.63, 3.8) is 0 Å². The van der Waals surface area contributed by atoms with Gasteiger partial charge in [0, 0.05) is 6.04 Å². The van der Waals surface area contributed by atoms with Crippen LogP contribution in [0.25, 0.3) is 0 Å². The Morgan fingerprint density at radius 3 is 2.73 bits per heavy atom. The van der Waals surface area contributed by atoms with Gasteiger partial charge >= 0.3 is 0 Å². The maximum absolute atomic E-state index is 12.4. The summed E-state index contributed by atoms with van der Waals surface area (Å²) < 4.78 is 1.40. The van der Waals surface area contributed by atoms with E-state index in [-0.39, 0.29) is 10.6 Å². The van der Waals surface area contributed by atoms with Gasteiger partial charge in [-0.25, -0.2) is 4.68 Å². The molecule has 1 heterocycles. The highest BCUT2D eigenvalue weighted by Gasteiger charge is 2.24. The molecular weight excluding hydrogens is 298 g/mol. The molecule has 0 saturated heterocycles. The summed E-state index contributed by atoms with van der Waals surface area (Å²) in [4.78, 5) is 12.4. The van der Waals surface area contributed by atoms with Crippen molar-refractivity contribution in [1.82, 2.24) is 9.78 Å². The zero-order valence-corrected chi connectivity index (χ0v) is 13.4. The molecule has 4 nitrogen and oxygen atoms in total. The van der Waals surface area contributed by atoms with Crippen LogP contribution in [0.5, 0.6) is 0 Å². The Hall–Kier alpha value is -1.81. The quantitative estimate of drug-likeness (QED) is 0.917. The van der Waals surface area contributed by atoms with Gasteiger partial charge in [0.05, 0.1) is 18.4 Å². The molecule has 1 atom stereocenters. The lowest BCUT2D eigenvalue weighted by Gasteiger charge is -2.32. The molecule has 22 heavy (non-hydrogen) atoms. The molecule has 0 bridgehead atoms. The minimum absolute atomic E-state index is 0.220. The lowest BCUT2D eigenvalue weighted by molar-refractivity contribution is 0.285. The standard InChI is InChI=1S/C17H20ClN3O/c1-12(14-8-5-9-14)20-15-10-19-21(17(22)16(15)18)11-13-6-3-2-4-7-13/h2-4,6-7,10,12,14,20H,5,8-9,11H2,1H3. The van der Waals surface area contributed by atoms with Gasteiger partial charge in [0.2, 0.25) is 0 Å². The Morgan fingerprint density at radius 2 is 2.09 bits per heavy atom. The van der Waals surface area contributed by atoms with Crippen LogP contribution in [0.15, 0.2) is 41.3 Å². The van der Waals surface area contributed by atoms with Crippen molar-refractivity contribution in [1.29, 1.82) is 0 Å². The summed E-state index contributed by atoms with van der Waals surface area (Å²) in [5.74, 6) is 0.669. The number of hydrogen-bond acceptors (Lipinski definition) is 3. The predicted molar refractivity (Wildman–Crippen MR) is 89.5 cm³/mol. The van der Waals surface area contributed by atoms with E-state index in [1.165, 1.54) is 23.9 Å². The second-order valence-electron chi connectivity index (χ2n) is 5.94. The summed E-state index contributed by atoms with van der Waals surface area (Å²) in [5.41, 5.74) is 1.41. The first-order valence-electron chi connectivity index (χ1n) is 7.71. The number of nitrogens with one attached hydrogen (secondary N) is 1. The molecule has 0 aliphatic heterocycles. The number of nitrogens with zero attached hydrogens (tertiary/aromatic N) is 2. The highest BCUT2D eigenvalue weighted by molar-refractivity contribution is 6.32. The van der Waals surface area contributed by atoms with Crippen molar-refractivity contribution in [2.45, 2.75) is 38.8 Å². The van der Waals surface area contributed by atoms with Crippen LogP contribution < -0.4 is 10.9 Å². The average Bonchev–Trinajstić information content (AvgIpc) is 2.46. The van der Waals surface area contributed by atoms with Crippen LogP contribution in [0.2, 0.25) is 5.02 Å². The number of anilines is 1. The fourth-order valence-electron chi connectivity index (χ4n) is 2.74. The van der Waals surface area contributed by atoms with Gasteiger partial charge in [-0.15, -0.1) is 0 Å². The third kappa shape index (κ3) is 3.17. The monoisotopic (exact) mass is 317 g/mol. The maximum atomic E-state index is 12.4. The SMILES string of the molecule is CC(Nc1cnn(Cc2ccccc2)c(=O)c1Cl)C1CCC1. The number of rotatable bonds is 5. The smallest absolute Gasteiger partial charge is 0.287 e. The molecule has 1 aromatic heterocycles. The first kappa shape index (κ1) is 15.1. The van der Waals surface area contributed by atoms with E-state index in [1.54, 1.807) is 6.20 Å². The third-order valence-corrected chi connectivity index (χ3v) is 4.77. The summed E-state index contributed by atoms with van der Waals surface area (Å²) >= 11 is 6.24. The molecule has 1 fully saturated rings. The maximum Gasteiger partial charge on any atom is 0.287 e. The minimum Gasteiger partial charge on any atom is -0.380 e. The molecule has 1 aliphatic carbocycles. The van der Waals surface area contributed by atoms with E-state index < -0.39 is 0 Å². The summed E-state index contributed by atoms with van der Waals surface area (Å²) in [5, 5.41) is 7.80. The topological polar surface area (TPSA) is 46.9 Å². The molecule has 0 radical (unpaired) electrons. The molecule has 5 heteroatoms. The minimum atomic E-state index is -0.253. The van der Waals surface area contributed by atoms with E-state index in [9.17, 15) is 4.79 Å². The molecule has 2 aromatic rings. The van der Waals surface area contributed by atoms with Crippen molar-refractivity contribution >= 4 is 17.3 Å². The molecular formula is C17H20ClN3O. The van der Waals surface area contributed by atoms with Crippen LogP contribution in [-0.2, 0) is 6.54 Å². The van der Waals surface area contributed by atoms with Crippen molar-refractivity contribution in [2.75, 3.05) is 5.32 Å². The summed E-state index contributed by atoms with van der Waals surface area (Å²) in [6, 6.07) is 10.1. The largest absolute Gasteiger partial charge is 0.380 e. The van der Waals surface area contributed by atoms with Crippen LogP contribution in [0.1, 0.15) is 31.7 Å². The lowest BCUT2D eigenvalue weighted by Crippen LogP contribution is -2.32. The van der Waals surface area contributed by atoms with E-state index in [0.29, 0.717) is 24.2 Å². The molecule has 3 rings (SSSR count). The van der Waals surface area contributed by atoms with E-state index >= 15 is 0 Å². The highest BCUT2D eigenvalue weighted by atomic mass is 35.5. The lowest BCUT2D eigenvalue weighted by atomic mass is 9.80.